The van der Waals surface area contributed by atoms with Crippen LogP contribution >= 0.6 is 0 Å². The largest absolute Gasteiger partial charge is 0.496 e. The third-order valence-electron chi connectivity index (χ3n) is 4.40. The van der Waals surface area contributed by atoms with Crippen LogP contribution in [-0.2, 0) is 0 Å². The SMILES string of the molecule is COc1ccc(Oc2c(C)cc([N+](=O)[O-])cc2C)cc1C(=O)c1ccc(F)cc1. The van der Waals surface area contributed by atoms with E-state index in [1.165, 1.54) is 49.6 Å². The summed E-state index contributed by atoms with van der Waals surface area (Å²) < 4.78 is 24.4. The van der Waals surface area contributed by atoms with Crippen LogP contribution in [0, 0.1) is 29.8 Å². The fourth-order valence-corrected chi connectivity index (χ4v) is 3.00. The van der Waals surface area contributed by atoms with Crippen LogP contribution in [0.3, 0.4) is 0 Å². The predicted molar refractivity (Wildman–Crippen MR) is 105 cm³/mol. The first-order valence-electron chi connectivity index (χ1n) is 8.72. The lowest BCUT2D eigenvalue weighted by Crippen LogP contribution is -2.05. The molecule has 0 aliphatic carbocycles. The van der Waals surface area contributed by atoms with Gasteiger partial charge < -0.3 is 9.47 Å². The Balaban J connectivity index is 1.98. The Morgan fingerprint density at radius 2 is 1.62 bits per heavy atom. The van der Waals surface area contributed by atoms with E-state index in [1.54, 1.807) is 26.0 Å². The monoisotopic (exact) mass is 395 g/mol. The highest BCUT2D eigenvalue weighted by Crippen LogP contribution is 2.34. The molecule has 0 saturated heterocycles. The van der Waals surface area contributed by atoms with Crippen LogP contribution in [0.2, 0.25) is 0 Å². The van der Waals surface area contributed by atoms with Crippen LogP contribution in [0.5, 0.6) is 17.2 Å². The van der Waals surface area contributed by atoms with Gasteiger partial charge in [-0.25, -0.2) is 4.39 Å². The number of hydrogen-bond donors (Lipinski definition) is 0. The summed E-state index contributed by atoms with van der Waals surface area (Å²) in [7, 11) is 1.45. The minimum atomic E-state index is -0.462. The highest BCUT2D eigenvalue weighted by atomic mass is 19.1. The summed E-state index contributed by atoms with van der Waals surface area (Å²) in [6.45, 7) is 3.42. The number of carbonyl (C=O) groups excluding carboxylic acids is 1. The lowest BCUT2D eigenvalue weighted by atomic mass is 10.0. The molecule has 0 heterocycles. The molecule has 29 heavy (non-hydrogen) atoms. The Hall–Kier alpha value is -3.74. The minimum Gasteiger partial charge on any atom is -0.496 e. The highest BCUT2D eigenvalue weighted by molar-refractivity contribution is 6.11. The molecule has 0 bridgehead atoms. The number of rotatable bonds is 6. The highest BCUT2D eigenvalue weighted by Gasteiger charge is 2.18. The van der Waals surface area contributed by atoms with E-state index in [0.29, 0.717) is 33.9 Å². The van der Waals surface area contributed by atoms with Crippen molar-refractivity contribution in [2.75, 3.05) is 7.11 Å². The lowest BCUT2D eigenvalue weighted by molar-refractivity contribution is -0.385. The summed E-state index contributed by atoms with van der Waals surface area (Å²) in [5, 5.41) is 11.0. The number of ether oxygens (including phenoxy) is 2. The van der Waals surface area contributed by atoms with Crippen molar-refractivity contribution in [2.24, 2.45) is 0 Å². The Labute approximate surface area is 166 Å². The third-order valence-corrected chi connectivity index (χ3v) is 4.40. The maximum Gasteiger partial charge on any atom is 0.270 e. The zero-order valence-electron chi connectivity index (χ0n) is 16.1. The molecule has 0 N–H and O–H groups in total. The number of non-ortho nitro benzene ring substituents is 1. The number of nitrogens with zero attached hydrogens (tertiary/aromatic N) is 1. The van der Waals surface area contributed by atoms with Crippen molar-refractivity contribution < 1.29 is 23.6 Å². The zero-order chi connectivity index (χ0) is 21.1. The Kier molecular flexibility index (Phi) is 5.59. The van der Waals surface area contributed by atoms with Gasteiger partial charge in [0.05, 0.1) is 17.6 Å². The normalized spacial score (nSPS) is 10.5. The van der Waals surface area contributed by atoms with Crippen LogP contribution in [0.25, 0.3) is 0 Å². The van der Waals surface area contributed by atoms with Gasteiger partial charge in [-0.05, 0) is 67.4 Å². The standard InChI is InChI=1S/C22H18FNO5/c1-13-10-17(24(26)27)11-14(2)22(13)29-18-8-9-20(28-3)19(12-18)21(25)15-4-6-16(23)7-5-15/h4-12H,1-3H3. The first-order chi connectivity index (χ1) is 13.8. The van der Waals surface area contributed by atoms with Crippen LogP contribution in [-0.4, -0.2) is 17.8 Å². The van der Waals surface area contributed by atoms with Gasteiger partial charge in [-0.15, -0.1) is 0 Å². The second-order valence-corrected chi connectivity index (χ2v) is 6.47. The van der Waals surface area contributed by atoms with E-state index in [2.05, 4.69) is 0 Å². The topological polar surface area (TPSA) is 78.7 Å². The van der Waals surface area contributed by atoms with Crippen molar-refractivity contribution in [2.45, 2.75) is 13.8 Å². The zero-order valence-corrected chi connectivity index (χ0v) is 16.1. The van der Waals surface area contributed by atoms with Crippen molar-refractivity contribution in [3.05, 3.63) is 92.8 Å². The molecule has 0 spiro atoms. The second kappa shape index (κ2) is 8.10. The van der Waals surface area contributed by atoms with E-state index in [1.807, 2.05) is 0 Å². The summed E-state index contributed by atoms with van der Waals surface area (Å²) in [6, 6.07) is 12.8. The Morgan fingerprint density at radius 3 is 2.17 bits per heavy atom. The number of nitro groups is 1. The van der Waals surface area contributed by atoms with Gasteiger partial charge in [-0.2, -0.15) is 0 Å². The molecule has 148 valence electrons. The summed E-state index contributed by atoms with van der Waals surface area (Å²) in [4.78, 5) is 23.4. The van der Waals surface area contributed by atoms with Crippen molar-refractivity contribution in [3.8, 4) is 17.2 Å². The van der Waals surface area contributed by atoms with Crippen molar-refractivity contribution >= 4 is 11.5 Å². The van der Waals surface area contributed by atoms with Crippen LogP contribution in [0.15, 0.2) is 54.6 Å². The minimum absolute atomic E-state index is 0.0192. The first-order valence-corrected chi connectivity index (χ1v) is 8.72. The third kappa shape index (κ3) is 4.24. The van der Waals surface area contributed by atoms with Gasteiger partial charge in [-0.1, -0.05) is 0 Å². The quantitative estimate of drug-likeness (QED) is 0.318. The second-order valence-electron chi connectivity index (χ2n) is 6.47. The smallest absolute Gasteiger partial charge is 0.270 e. The van der Waals surface area contributed by atoms with E-state index in [-0.39, 0.29) is 17.0 Å². The molecule has 0 unspecified atom stereocenters. The van der Waals surface area contributed by atoms with Crippen molar-refractivity contribution in [3.63, 3.8) is 0 Å². The number of nitro benzene ring substituents is 1. The number of carbonyl (C=O) groups is 1. The van der Waals surface area contributed by atoms with E-state index in [0.717, 1.165) is 0 Å². The molecule has 0 atom stereocenters. The average Bonchev–Trinajstić information content (AvgIpc) is 2.70. The molecule has 0 amide bonds. The first kappa shape index (κ1) is 20.0. The molecule has 0 saturated carbocycles. The summed E-state index contributed by atoms with van der Waals surface area (Å²) in [6.07, 6.45) is 0. The molecule has 6 nitrogen and oxygen atoms in total. The number of ketones is 1. The predicted octanol–water partition coefficient (Wildman–Crippen LogP) is 5.38. The molecule has 0 aliphatic rings. The van der Waals surface area contributed by atoms with Crippen LogP contribution < -0.4 is 9.47 Å². The Bertz CT molecular complexity index is 1070. The van der Waals surface area contributed by atoms with Crippen LogP contribution in [0.1, 0.15) is 27.0 Å². The van der Waals surface area contributed by atoms with E-state index in [9.17, 15) is 19.3 Å². The molecular weight excluding hydrogens is 377 g/mol. The number of halogens is 1. The van der Waals surface area contributed by atoms with Crippen molar-refractivity contribution in [1.29, 1.82) is 0 Å². The van der Waals surface area contributed by atoms with Gasteiger partial charge in [0.25, 0.3) is 5.69 Å². The number of hydrogen-bond acceptors (Lipinski definition) is 5. The molecule has 3 aromatic carbocycles. The number of methoxy groups -OCH3 is 1. The van der Waals surface area contributed by atoms with Gasteiger partial charge in [0, 0.05) is 17.7 Å². The molecular formula is C22H18FNO5. The summed E-state index contributed by atoms with van der Waals surface area (Å²) in [5.74, 6) is 0.417. The van der Waals surface area contributed by atoms with Gasteiger partial charge in [0.1, 0.15) is 23.1 Å². The molecule has 0 aliphatic heterocycles. The van der Waals surface area contributed by atoms with Gasteiger partial charge in [0.2, 0.25) is 0 Å². The molecule has 0 aromatic heterocycles. The fraction of sp³-hybridized carbons (Fsp3) is 0.136. The fourth-order valence-electron chi connectivity index (χ4n) is 3.00. The lowest BCUT2D eigenvalue weighted by Gasteiger charge is -2.14. The molecule has 0 fully saturated rings. The van der Waals surface area contributed by atoms with Gasteiger partial charge in [-0.3, -0.25) is 14.9 Å². The van der Waals surface area contributed by atoms with Crippen molar-refractivity contribution in [1.82, 2.24) is 0 Å². The summed E-state index contributed by atoms with van der Waals surface area (Å²) >= 11 is 0. The summed E-state index contributed by atoms with van der Waals surface area (Å²) in [5.41, 5.74) is 1.74. The number of aryl methyl sites for hydroxylation is 2. The molecule has 7 heteroatoms. The van der Waals surface area contributed by atoms with E-state index >= 15 is 0 Å². The van der Waals surface area contributed by atoms with Gasteiger partial charge >= 0.3 is 0 Å². The molecule has 3 aromatic rings. The number of benzene rings is 3. The average molecular weight is 395 g/mol. The van der Waals surface area contributed by atoms with Gasteiger partial charge in [0.15, 0.2) is 5.78 Å². The molecule has 3 rings (SSSR count). The molecule has 0 radical (unpaired) electrons. The Morgan fingerprint density at radius 1 is 1.00 bits per heavy atom. The maximum atomic E-state index is 13.2. The van der Waals surface area contributed by atoms with E-state index < -0.39 is 10.7 Å². The van der Waals surface area contributed by atoms with E-state index in [4.69, 9.17) is 9.47 Å². The maximum absolute atomic E-state index is 13.2. The van der Waals surface area contributed by atoms with Crippen LogP contribution in [0.4, 0.5) is 10.1 Å².